The van der Waals surface area contributed by atoms with Gasteiger partial charge in [-0.25, -0.2) is 9.48 Å². The number of nitrogens with two attached hydrogens (primary N) is 1. The summed E-state index contributed by atoms with van der Waals surface area (Å²) < 4.78 is 7.20. The topological polar surface area (TPSA) is 124 Å². The molecule has 0 radical (unpaired) electrons. The van der Waals surface area contributed by atoms with Crippen LogP contribution in [0.15, 0.2) is 72.8 Å². The number of benzene rings is 3. The number of fused-ring (bicyclic) bond motifs is 1. The minimum Gasteiger partial charge on any atom is -0.410 e. The zero-order valence-corrected chi connectivity index (χ0v) is 24.1. The van der Waals surface area contributed by atoms with Crippen molar-refractivity contribution in [2.45, 2.75) is 37.8 Å². The predicted molar refractivity (Wildman–Crippen MR) is 159 cm³/mol. The third-order valence-corrected chi connectivity index (χ3v) is 7.80. The van der Waals surface area contributed by atoms with Gasteiger partial charge in [-0.1, -0.05) is 53.2 Å². The van der Waals surface area contributed by atoms with Crippen LogP contribution in [0.4, 0.5) is 4.79 Å². The lowest BCUT2D eigenvalue weighted by Gasteiger charge is -2.41. The number of ketones is 1. The van der Waals surface area contributed by atoms with Gasteiger partial charge in [0.2, 0.25) is 5.91 Å². The van der Waals surface area contributed by atoms with Crippen LogP contribution < -0.4 is 10.5 Å². The van der Waals surface area contributed by atoms with Crippen LogP contribution >= 0.6 is 11.6 Å². The zero-order chi connectivity index (χ0) is 29.6. The first-order chi connectivity index (χ1) is 20.3. The number of rotatable bonds is 9. The maximum Gasteiger partial charge on any atom is 0.415 e. The molecule has 4 aromatic rings. The molecule has 0 spiro atoms. The molecule has 0 saturated carbocycles. The van der Waals surface area contributed by atoms with Gasteiger partial charge in [-0.05, 0) is 66.8 Å². The SMILES string of the molecule is Cn1nnc2cc(CCC(=O)[C@@H]3CN(C(=O)Oc4ccc(Cl)cc4)CCN3C(=O)[C@H](N)CCc3ccccc3)ccc21. The van der Waals surface area contributed by atoms with E-state index in [9.17, 15) is 14.4 Å². The van der Waals surface area contributed by atoms with Crippen molar-refractivity contribution < 1.29 is 19.1 Å². The van der Waals surface area contributed by atoms with Crippen molar-refractivity contribution in [2.75, 3.05) is 19.6 Å². The van der Waals surface area contributed by atoms with Gasteiger partial charge in [0.1, 0.15) is 17.3 Å². The molecule has 3 aromatic carbocycles. The standard InChI is InChI=1S/C31H33ClN6O4/c1-36-27-15-8-22(19-26(27)34-35-36)9-16-29(39)28-20-37(31(41)42-24-12-10-23(32)11-13-24)17-18-38(28)30(40)25(33)14-7-21-5-3-2-4-6-21/h2-6,8,10-13,15,19,25,28H,7,9,14,16-18,20,33H2,1H3/t25-,28+/m1/s1. The van der Waals surface area contributed by atoms with Gasteiger partial charge >= 0.3 is 6.09 Å². The number of carbonyl (C=O) groups is 3. The normalized spacial score (nSPS) is 15.9. The molecule has 0 unspecified atom stereocenters. The third-order valence-electron chi connectivity index (χ3n) is 7.55. The Labute approximate surface area is 249 Å². The van der Waals surface area contributed by atoms with Gasteiger partial charge in [0.15, 0.2) is 5.78 Å². The second-order valence-corrected chi connectivity index (χ2v) is 10.9. The van der Waals surface area contributed by atoms with Crippen LogP contribution in [0.1, 0.15) is 24.0 Å². The smallest absolute Gasteiger partial charge is 0.410 e. The van der Waals surface area contributed by atoms with Crippen LogP contribution in [0, 0.1) is 0 Å². The van der Waals surface area contributed by atoms with Crippen LogP contribution in [0.2, 0.25) is 5.02 Å². The van der Waals surface area contributed by atoms with Gasteiger partial charge in [0.05, 0.1) is 18.1 Å². The molecule has 1 aliphatic rings. The van der Waals surface area contributed by atoms with E-state index in [4.69, 9.17) is 22.1 Å². The molecule has 2 atom stereocenters. The highest BCUT2D eigenvalue weighted by Crippen LogP contribution is 2.21. The van der Waals surface area contributed by atoms with Gasteiger partial charge in [-0.15, -0.1) is 5.10 Å². The fourth-order valence-corrected chi connectivity index (χ4v) is 5.26. The second kappa shape index (κ2) is 13.1. The van der Waals surface area contributed by atoms with Crippen LogP contribution in [0.5, 0.6) is 5.75 Å². The van der Waals surface area contributed by atoms with Gasteiger partial charge in [-0.3, -0.25) is 9.59 Å². The number of hydrogen-bond acceptors (Lipinski definition) is 7. The van der Waals surface area contributed by atoms with Crippen molar-refractivity contribution in [2.24, 2.45) is 12.8 Å². The summed E-state index contributed by atoms with van der Waals surface area (Å²) >= 11 is 5.94. The monoisotopic (exact) mass is 588 g/mol. The lowest BCUT2D eigenvalue weighted by atomic mass is 9.98. The molecule has 1 fully saturated rings. The third kappa shape index (κ3) is 6.95. The minimum absolute atomic E-state index is 0.0194. The first-order valence-corrected chi connectivity index (χ1v) is 14.3. The van der Waals surface area contributed by atoms with Crippen molar-refractivity contribution in [1.29, 1.82) is 0 Å². The molecule has 10 nitrogen and oxygen atoms in total. The second-order valence-electron chi connectivity index (χ2n) is 10.4. The molecular formula is C31H33ClN6O4. The summed E-state index contributed by atoms with van der Waals surface area (Å²) in [5.41, 5.74) is 10.0. The molecule has 2 N–H and O–H groups in total. The number of carbonyl (C=O) groups excluding carboxylic acids is 3. The van der Waals surface area contributed by atoms with Crippen LogP contribution in [0.25, 0.3) is 11.0 Å². The number of halogens is 1. The number of ether oxygens (including phenoxy) is 1. The number of nitrogens with zero attached hydrogens (tertiary/aromatic N) is 5. The summed E-state index contributed by atoms with van der Waals surface area (Å²) in [6, 6.07) is 20.4. The summed E-state index contributed by atoms with van der Waals surface area (Å²) in [7, 11) is 1.82. The van der Waals surface area contributed by atoms with Gasteiger partial charge in [0.25, 0.3) is 0 Å². The largest absolute Gasteiger partial charge is 0.415 e. The highest BCUT2D eigenvalue weighted by atomic mass is 35.5. The van der Waals surface area contributed by atoms with E-state index in [2.05, 4.69) is 10.3 Å². The van der Waals surface area contributed by atoms with Crippen molar-refractivity contribution >= 4 is 40.4 Å². The van der Waals surface area contributed by atoms with E-state index in [1.54, 1.807) is 28.9 Å². The molecular weight excluding hydrogens is 556 g/mol. The van der Waals surface area contributed by atoms with E-state index < -0.39 is 18.2 Å². The van der Waals surface area contributed by atoms with Crippen LogP contribution in [0.3, 0.4) is 0 Å². The number of hydrogen-bond donors (Lipinski definition) is 1. The summed E-state index contributed by atoms with van der Waals surface area (Å²) in [4.78, 5) is 43.2. The number of amides is 2. The molecule has 1 aliphatic heterocycles. The maximum atomic E-state index is 13.7. The van der Waals surface area contributed by atoms with Gasteiger partial charge in [-0.2, -0.15) is 0 Å². The Morgan fingerprint density at radius 3 is 2.52 bits per heavy atom. The Morgan fingerprint density at radius 2 is 1.76 bits per heavy atom. The molecule has 2 heterocycles. The molecule has 11 heteroatoms. The van der Waals surface area contributed by atoms with Gasteiger partial charge < -0.3 is 20.3 Å². The Kier molecular flexibility index (Phi) is 9.14. The lowest BCUT2D eigenvalue weighted by Crippen LogP contribution is -2.62. The highest BCUT2D eigenvalue weighted by Gasteiger charge is 2.38. The van der Waals surface area contributed by atoms with E-state index in [0.717, 1.165) is 22.2 Å². The molecule has 0 bridgehead atoms. The average molecular weight is 589 g/mol. The summed E-state index contributed by atoms with van der Waals surface area (Å²) in [5, 5.41) is 8.71. The van der Waals surface area contributed by atoms with Crippen molar-refractivity contribution in [3.05, 3.63) is 88.9 Å². The molecule has 5 rings (SSSR count). The summed E-state index contributed by atoms with van der Waals surface area (Å²) in [6.45, 7) is 0.415. The number of Topliss-reactive ketones (excluding diaryl/α,β-unsaturated/α-hetero) is 1. The van der Waals surface area contributed by atoms with E-state index in [1.165, 1.54) is 9.80 Å². The molecule has 218 valence electrons. The summed E-state index contributed by atoms with van der Waals surface area (Å²) in [6.07, 6.45) is 1.13. The Balaban J connectivity index is 1.28. The highest BCUT2D eigenvalue weighted by molar-refractivity contribution is 6.30. The van der Waals surface area contributed by atoms with Crippen molar-refractivity contribution in [1.82, 2.24) is 24.8 Å². The Morgan fingerprint density at radius 1 is 1.00 bits per heavy atom. The van der Waals surface area contributed by atoms with E-state index in [0.29, 0.717) is 30.0 Å². The Bertz CT molecular complexity index is 1560. The van der Waals surface area contributed by atoms with E-state index in [1.807, 2.05) is 55.6 Å². The Hall–Kier alpha value is -4.28. The van der Waals surface area contributed by atoms with Gasteiger partial charge in [0, 0.05) is 31.6 Å². The molecule has 42 heavy (non-hydrogen) atoms. The quantitative estimate of drug-likeness (QED) is 0.315. The lowest BCUT2D eigenvalue weighted by molar-refractivity contribution is -0.143. The van der Waals surface area contributed by atoms with Crippen LogP contribution in [-0.2, 0) is 29.5 Å². The fraction of sp³-hybridized carbons (Fsp3) is 0.323. The first-order valence-electron chi connectivity index (χ1n) is 13.9. The van der Waals surface area contributed by atoms with E-state index >= 15 is 0 Å². The van der Waals surface area contributed by atoms with E-state index in [-0.39, 0.29) is 37.7 Å². The number of aryl methyl sites for hydroxylation is 3. The molecule has 1 aromatic heterocycles. The molecule has 0 aliphatic carbocycles. The zero-order valence-electron chi connectivity index (χ0n) is 23.4. The van der Waals surface area contributed by atoms with Crippen molar-refractivity contribution in [3.63, 3.8) is 0 Å². The minimum atomic E-state index is -0.841. The molecule has 2 amide bonds. The van der Waals surface area contributed by atoms with Crippen molar-refractivity contribution in [3.8, 4) is 5.75 Å². The predicted octanol–water partition coefficient (Wildman–Crippen LogP) is 3.80. The number of aromatic nitrogens is 3. The summed E-state index contributed by atoms with van der Waals surface area (Å²) in [5.74, 6) is -0.106. The number of piperazine rings is 1. The fourth-order valence-electron chi connectivity index (χ4n) is 5.14. The van der Waals surface area contributed by atoms with Crippen LogP contribution in [-0.4, -0.2) is 74.3 Å². The average Bonchev–Trinajstić information content (AvgIpc) is 3.39. The first kappa shape index (κ1) is 29.2. The molecule has 1 saturated heterocycles. The maximum absolute atomic E-state index is 13.7.